The molecule has 2 heterocycles. The molecule has 8 nitrogen and oxygen atoms in total. The fraction of sp³-hybridized carbons (Fsp3) is 0.200. The predicted molar refractivity (Wildman–Crippen MR) is 74.3 cm³/mol. The van der Waals surface area contributed by atoms with Gasteiger partial charge in [-0.2, -0.15) is 9.40 Å². The summed E-state index contributed by atoms with van der Waals surface area (Å²) in [6.07, 6.45) is 4.37. The monoisotopic (exact) mass is 316 g/mol. The van der Waals surface area contributed by atoms with Crippen molar-refractivity contribution in [3.05, 3.63) is 35.2 Å². The summed E-state index contributed by atoms with van der Waals surface area (Å²) >= 11 is 5.88. The zero-order valence-corrected chi connectivity index (χ0v) is 12.1. The van der Waals surface area contributed by atoms with Crippen molar-refractivity contribution in [3.63, 3.8) is 0 Å². The Morgan fingerprint density at radius 2 is 2.25 bits per heavy atom. The number of anilines is 1. The molecule has 0 aliphatic carbocycles. The first-order valence-corrected chi connectivity index (χ1v) is 7.33. The average Bonchev–Trinajstić information content (AvgIpc) is 2.91. The Morgan fingerprint density at radius 3 is 2.80 bits per heavy atom. The minimum absolute atomic E-state index is 0.00695. The first-order chi connectivity index (χ1) is 9.45. The molecule has 0 amide bonds. The van der Waals surface area contributed by atoms with Gasteiger partial charge in [-0.25, -0.2) is 19.2 Å². The summed E-state index contributed by atoms with van der Waals surface area (Å²) in [7, 11) is -2.22. The lowest BCUT2D eigenvalue weighted by atomic mass is 10.4. The quantitative estimate of drug-likeness (QED) is 0.548. The van der Waals surface area contributed by atoms with E-state index < -0.39 is 10.0 Å². The van der Waals surface area contributed by atoms with Crippen molar-refractivity contribution in [3.8, 4) is 0 Å². The van der Waals surface area contributed by atoms with E-state index in [4.69, 9.17) is 17.4 Å². The molecule has 0 aromatic carbocycles. The van der Waals surface area contributed by atoms with Crippen LogP contribution in [0.25, 0.3) is 0 Å². The number of aromatic amines is 1. The highest BCUT2D eigenvalue weighted by Crippen LogP contribution is 2.23. The topological polar surface area (TPSA) is 117 Å². The van der Waals surface area contributed by atoms with Gasteiger partial charge < -0.3 is 5.43 Å². The number of nitrogens with one attached hydrogen (secondary N) is 2. The number of hydrogen-bond donors (Lipinski definition) is 3. The van der Waals surface area contributed by atoms with Gasteiger partial charge in [-0.15, -0.1) is 0 Å². The molecule has 0 saturated heterocycles. The molecule has 0 aliphatic rings. The van der Waals surface area contributed by atoms with Crippen molar-refractivity contribution >= 4 is 27.4 Å². The van der Waals surface area contributed by atoms with Crippen molar-refractivity contribution < 1.29 is 8.42 Å². The highest BCUT2D eigenvalue weighted by atomic mass is 35.5. The van der Waals surface area contributed by atoms with Gasteiger partial charge in [-0.3, -0.25) is 5.10 Å². The van der Waals surface area contributed by atoms with Crippen LogP contribution in [0, 0.1) is 0 Å². The molecular formula is C10H13ClN6O2S. The van der Waals surface area contributed by atoms with Gasteiger partial charge in [-0.05, 0) is 6.07 Å². The number of sulfonamides is 1. The van der Waals surface area contributed by atoms with Crippen molar-refractivity contribution in [2.75, 3.05) is 12.5 Å². The highest BCUT2D eigenvalue weighted by molar-refractivity contribution is 7.89. The van der Waals surface area contributed by atoms with Gasteiger partial charge in [0.1, 0.15) is 4.90 Å². The van der Waals surface area contributed by atoms with Crippen LogP contribution in [0.1, 0.15) is 5.56 Å². The Balaban J connectivity index is 2.27. The number of nitrogen functional groups attached to an aromatic ring is 1. The standard InChI is InChI=1S/C10H13ClN6O2S/c1-17(6-7-3-14-15-4-7)20(18,19)8-2-9(11)10(16-12)13-5-8/h2-5H,6,12H2,1H3,(H,13,16)(H,14,15). The van der Waals surface area contributed by atoms with Crippen LogP contribution in [0.5, 0.6) is 0 Å². The Hall–Kier alpha value is -1.68. The third kappa shape index (κ3) is 2.90. The second-order valence-corrected chi connectivity index (χ2v) is 6.47. The summed E-state index contributed by atoms with van der Waals surface area (Å²) < 4.78 is 25.9. The van der Waals surface area contributed by atoms with Crippen molar-refractivity contribution in [2.24, 2.45) is 5.84 Å². The van der Waals surface area contributed by atoms with E-state index in [1.807, 2.05) is 0 Å². The summed E-state index contributed by atoms with van der Waals surface area (Å²) in [4.78, 5) is 3.84. The molecule has 0 atom stereocenters. The number of pyridine rings is 1. The molecule has 2 rings (SSSR count). The van der Waals surface area contributed by atoms with Gasteiger partial charge >= 0.3 is 0 Å². The fourth-order valence-electron chi connectivity index (χ4n) is 1.55. The minimum atomic E-state index is -3.69. The normalized spacial score (nSPS) is 11.8. The van der Waals surface area contributed by atoms with E-state index in [-0.39, 0.29) is 22.3 Å². The molecule has 0 fully saturated rings. The van der Waals surface area contributed by atoms with Gasteiger partial charge in [0.25, 0.3) is 0 Å². The molecular weight excluding hydrogens is 304 g/mol. The summed E-state index contributed by atoms with van der Waals surface area (Å²) in [5.74, 6) is 5.40. The van der Waals surface area contributed by atoms with Gasteiger partial charge in [0.2, 0.25) is 10.0 Å². The second kappa shape index (κ2) is 5.75. The molecule has 2 aromatic heterocycles. The number of halogens is 1. The van der Waals surface area contributed by atoms with E-state index >= 15 is 0 Å². The van der Waals surface area contributed by atoms with Crippen LogP contribution in [0.15, 0.2) is 29.6 Å². The van der Waals surface area contributed by atoms with Crippen LogP contribution in [0.2, 0.25) is 5.02 Å². The first-order valence-electron chi connectivity index (χ1n) is 5.51. The van der Waals surface area contributed by atoms with Crippen LogP contribution in [0.3, 0.4) is 0 Å². The summed E-state index contributed by atoms with van der Waals surface area (Å²) in [6.45, 7) is 0.188. The number of aromatic nitrogens is 3. The second-order valence-electron chi connectivity index (χ2n) is 4.01. The molecule has 4 N–H and O–H groups in total. The molecule has 0 saturated carbocycles. The molecule has 0 radical (unpaired) electrons. The maximum atomic E-state index is 12.4. The number of nitrogens with two attached hydrogens (primary N) is 1. The average molecular weight is 317 g/mol. The maximum absolute atomic E-state index is 12.4. The highest BCUT2D eigenvalue weighted by Gasteiger charge is 2.22. The molecule has 0 aliphatic heterocycles. The van der Waals surface area contributed by atoms with Gasteiger partial charge in [0.05, 0.1) is 11.2 Å². The number of rotatable bonds is 5. The van der Waals surface area contributed by atoms with Crippen LogP contribution in [-0.2, 0) is 16.6 Å². The minimum Gasteiger partial charge on any atom is -0.307 e. The molecule has 10 heteroatoms. The van der Waals surface area contributed by atoms with Gasteiger partial charge in [0.15, 0.2) is 5.82 Å². The number of hydrogen-bond acceptors (Lipinski definition) is 6. The Morgan fingerprint density at radius 1 is 1.50 bits per heavy atom. The number of nitrogens with zero attached hydrogens (tertiary/aromatic N) is 3. The SMILES string of the molecule is CN(Cc1cn[nH]c1)S(=O)(=O)c1cnc(NN)c(Cl)c1. The third-order valence-corrected chi connectivity index (χ3v) is 4.68. The molecule has 108 valence electrons. The lowest BCUT2D eigenvalue weighted by molar-refractivity contribution is 0.466. The van der Waals surface area contributed by atoms with Crippen molar-refractivity contribution in [1.29, 1.82) is 0 Å². The van der Waals surface area contributed by atoms with E-state index in [1.165, 1.54) is 23.6 Å². The van der Waals surface area contributed by atoms with Crippen LogP contribution in [0.4, 0.5) is 5.82 Å². The van der Waals surface area contributed by atoms with E-state index in [2.05, 4.69) is 20.6 Å². The van der Waals surface area contributed by atoms with E-state index in [0.717, 1.165) is 5.56 Å². The maximum Gasteiger partial charge on any atom is 0.244 e. The lowest BCUT2D eigenvalue weighted by Gasteiger charge is -2.16. The van der Waals surface area contributed by atoms with Crippen molar-refractivity contribution in [1.82, 2.24) is 19.5 Å². The van der Waals surface area contributed by atoms with Crippen LogP contribution >= 0.6 is 11.6 Å². The smallest absolute Gasteiger partial charge is 0.244 e. The fourth-order valence-corrected chi connectivity index (χ4v) is 2.97. The molecule has 0 unspecified atom stereocenters. The number of hydrazine groups is 1. The zero-order chi connectivity index (χ0) is 14.8. The van der Waals surface area contributed by atoms with Crippen LogP contribution < -0.4 is 11.3 Å². The van der Waals surface area contributed by atoms with Crippen molar-refractivity contribution in [2.45, 2.75) is 11.4 Å². The lowest BCUT2D eigenvalue weighted by Crippen LogP contribution is -2.26. The van der Waals surface area contributed by atoms with Gasteiger partial charge in [-0.1, -0.05) is 11.6 Å². The summed E-state index contributed by atoms with van der Waals surface area (Å²) in [6, 6.07) is 1.30. The molecule has 20 heavy (non-hydrogen) atoms. The molecule has 0 bridgehead atoms. The molecule has 0 spiro atoms. The van der Waals surface area contributed by atoms with E-state index in [9.17, 15) is 8.42 Å². The third-order valence-electron chi connectivity index (χ3n) is 2.62. The largest absolute Gasteiger partial charge is 0.307 e. The van der Waals surface area contributed by atoms with E-state index in [1.54, 1.807) is 12.4 Å². The summed E-state index contributed by atoms with van der Waals surface area (Å²) in [5.41, 5.74) is 3.02. The Labute approximate surface area is 121 Å². The predicted octanol–water partition coefficient (Wildman–Crippen LogP) is 0.564. The summed E-state index contributed by atoms with van der Waals surface area (Å²) in [5, 5.41) is 6.52. The number of H-pyrrole nitrogens is 1. The van der Waals surface area contributed by atoms with Gasteiger partial charge in [0, 0.05) is 31.5 Å². The Kier molecular flexibility index (Phi) is 4.23. The van der Waals surface area contributed by atoms with E-state index in [0.29, 0.717) is 0 Å². The zero-order valence-electron chi connectivity index (χ0n) is 10.5. The van der Waals surface area contributed by atoms with Crippen LogP contribution in [-0.4, -0.2) is 35.0 Å². The first kappa shape index (κ1) is 14.7. The molecule has 2 aromatic rings. The Bertz CT molecular complexity index is 688.